The van der Waals surface area contributed by atoms with Crippen molar-refractivity contribution in [3.05, 3.63) is 0 Å². The highest BCUT2D eigenvalue weighted by molar-refractivity contribution is 5.98. The molecular formula is C16H26O4. The summed E-state index contributed by atoms with van der Waals surface area (Å²) >= 11 is 0. The second kappa shape index (κ2) is 13.9. The molecule has 0 radical (unpaired) electrons. The number of ether oxygens (including phenoxy) is 2. The largest absolute Gasteiger partial charge is 0.456 e. The molecule has 0 atom stereocenters. The summed E-state index contributed by atoms with van der Waals surface area (Å²) in [6.45, 7) is 4.51. The van der Waals surface area contributed by atoms with Crippen molar-refractivity contribution < 1.29 is 19.1 Å². The van der Waals surface area contributed by atoms with Crippen molar-refractivity contribution in [1.29, 1.82) is 0 Å². The van der Waals surface area contributed by atoms with Gasteiger partial charge in [-0.3, -0.25) is 0 Å². The first-order chi connectivity index (χ1) is 9.70. The summed E-state index contributed by atoms with van der Waals surface area (Å²) < 4.78 is 9.47. The number of carbonyl (C=O) groups is 2. The van der Waals surface area contributed by atoms with Gasteiger partial charge in [0.15, 0.2) is 0 Å². The average molecular weight is 282 g/mol. The van der Waals surface area contributed by atoms with Crippen LogP contribution in [0, 0.1) is 11.8 Å². The third kappa shape index (κ3) is 12.9. The number of esters is 2. The Labute approximate surface area is 122 Å². The van der Waals surface area contributed by atoms with Gasteiger partial charge in [0.1, 0.15) is 0 Å². The summed E-state index contributed by atoms with van der Waals surface area (Å²) in [6, 6.07) is 0. The highest BCUT2D eigenvalue weighted by atomic mass is 16.5. The summed E-state index contributed by atoms with van der Waals surface area (Å²) in [5, 5.41) is 0. The van der Waals surface area contributed by atoms with E-state index < -0.39 is 11.9 Å². The Morgan fingerprint density at radius 2 is 1.25 bits per heavy atom. The first kappa shape index (κ1) is 18.5. The molecule has 0 aromatic carbocycles. The lowest BCUT2D eigenvalue weighted by Crippen LogP contribution is -2.05. The summed E-state index contributed by atoms with van der Waals surface area (Å²) in [5.41, 5.74) is 0. The van der Waals surface area contributed by atoms with E-state index in [9.17, 15) is 9.59 Å². The zero-order chi connectivity index (χ0) is 15.1. The van der Waals surface area contributed by atoms with E-state index in [1.54, 1.807) is 6.92 Å². The van der Waals surface area contributed by atoms with Crippen LogP contribution in [0.25, 0.3) is 0 Å². The van der Waals surface area contributed by atoms with E-state index in [2.05, 4.69) is 23.5 Å². The van der Waals surface area contributed by atoms with E-state index in [0.29, 0.717) is 6.61 Å². The summed E-state index contributed by atoms with van der Waals surface area (Å²) in [5.74, 6) is 2.82. The van der Waals surface area contributed by atoms with Crippen LogP contribution < -0.4 is 0 Å². The molecule has 4 nitrogen and oxygen atoms in total. The second-order valence-corrected chi connectivity index (χ2v) is 4.58. The molecule has 0 rings (SSSR count). The van der Waals surface area contributed by atoms with Crippen LogP contribution in [0.1, 0.15) is 65.2 Å². The van der Waals surface area contributed by atoms with Gasteiger partial charge in [-0.05, 0) is 13.3 Å². The van der Waals surface area contributed by atoms with Crippen LogP contribution in [0.2, 0.25) is 0 Å². The third-order valence-electron chi connectivity index (χ3n) is 2.77. The van der Waals surface area contributed by atoms with Gasteiger partial charge in [-0.1, -0.05) is 51.9 Å². The minimum Gasteiger partial charge on any atom is -0.456 e. The molecule has 0 unspecified atom stereocenters. The highest BCUT2D eigenvalue weighted by Gasteiger charge is 1.99. The van der Waals surface area contributed by atoms with Crippen molar-refractivity contribution in [2.45, 2.75) is 65.2 Å². The number of unbranched alkanes of at least 4 members (excludes halogenated alkanes) is 7. The van der Waals surface area contributed by atoms with Crippen molar-refractivity contribution in [1.82, 2.24) is 0 Å². The quantitative estimate of drug-likeness (QED) is 0.267. The van der Waals surface area contributed by atoms with Gasteiger partial charge in [0.25, 0.3) is 0 Å². The molecule has 0 aromatic rings. The van der Waals surface area contributed by atoms with E-state index in [1.165, 1.54) is 38.5 Å². The lowest BCUT2D eigenvalue weighted by Gasteiger charge is -2.02. The van der Waals surface area contributed by atoms with E-state index in [1.807, 2.05) is 0 Å². The standard InChI is InChI=1S/C16H26O4/c1-3-5-6-7-8-9-10-11-14-20-16(18)13-12-15(17)19-4-2/h3-11,14H2,1-2H3. The molecule has 0 aliphatic heterocycles. The Hall–Kier alpha value is -1.50. The maximum Gasteiger partial charge on any atom is 0.384 e. The Morgan fingerprint density at radius 3 is 1.80 bits per heavy atom. The number of hydrogen-bond acceptors (Lipinski definition) is 4. The van der Waals surface area contributed by atoms with Crippen LogP contribution in [0.3, 0.4) is 0 Å². The van der Waals surface area contributed by atoms with Crippen molar-refractivity contribution >= 4 is 11.9 Å². The van der Waals surface area contributed by atoms with Crippen LogP contribution in [-0.4, -0.2) is 25.2 Å². The van der Waals surface area contributed by atoms with Crippen LogP contribution in [0.15, 0.2) is 0 Å². The molecule has 0 saturated heterocycles. The fourth-order valence-electron chi connectivity index (χ4n) is 1.71. The van der Waals surface area contributed by atoms with Crippen molar-refractivity contribution in [3.63, 3.8) is 0 Å². The SMILES string of the molecule is CCCCCCCCCCOC(=O)C#CC(=O)OCC. The molecule has 114 valence electrons. The van der Waals surface area contributed by atoms with Crippen LogP contribution in [0.4, 0.5) is 0 Å². The number of hydrogen-bond donors (Lipinski definition) is 0. The fraction of sp³-hybridized carbons (Fsp3) is 0.750. The normalized spacial score (nSPS) is 9.50. The first-order valence-electron chi connectivity index (χ1n) is 7.56. The maximum atomic E-state index is 11.2. The molecule has 20 heavy (non-hydrogen) atoms. The van der Waals surface area contributed by atoms with Crippen LogP contribution in [-0.2, 0) is 19.1 Å². The van der Waals surface area contributed by atoms with Gasteiger partial charge in [-0.2, -0.15) is 0 Å². The molecule has 0 fully saturated rings. The molecule has 0 heterocycles. The zero-order valence-corrected chi connectivity index (χ0v) is 12.7. The molecule has 0 bridgehead atoms. The molecule has 0 amide bonds. The molecule has 0 aliphatic rings. The minimum atomic E-state index is -0.698. The molecule has 0 aliphatic carbocycles. The van der Waals surface area contributed by atoms with E-state index in [0.717, 1.165) is 12.8 Å². The molecule has 0 saturated carbocycles. The predicted molar refractivity (Wildman–Crippen MR) is 78.0 cm³/mol. The first-order valence-corrected chi connectivity index (χ1v) is 7.56. The second-order valence-electron chi connectivity index (χ2n) is 4.58. The summed E-state index contributed by atoms with van der Waals surface area (Å²) in [7, 11) is 0. The van der Waals surface area contributed by atoms with Gasteiger partial charge < -0.3 is 9.47 Å². The average Bonchev–Trinajstić information content (AvgIpc) is 2.43. The zero-order valence-electron chi connectivity index (χ0n) is 12.7. The number of rotatable bonds is 10. The fourth-order valence-corrected chi connectivity index (χ4v) is 1.71. The van der Waals surface area contributed by atoms with Crippen LogP contribution in [0.5, 0.6) is 0 Å². The molecule has 0 aromatic heterocycles. The topological polar surface area (TPSA) is 52.6 Å². The van der Waals surface area contributed by atoms with Gasteiger partial charge in [-0.15, -0.1) is 0 Å². The van der Waals surface area contributed by atoms with Gasteiger partial charge >= 0.3 is 11.9 Å². The van der Waals surface area contributed by atoms with E-state index in [4.69, 9.17) is 4.74 Å². The van der Waals surface area contributed by atoms with Crippen LogP contribution >= 0.6 is 0 Å². The Balaban J connectivity index is 3.42. The molecule has 4 heteroatoms. The molecular weight excluding hydrogens is 256 g/mol. The van der Waals surface area contributed by atoms with E-state index in [-0.39, 0.29) is 6.61 Å². The predicted octanol–water partition coefficient (Wildman–Crippen LogP) is 3.24. The lowest BCUT2D eigenvalue weighted by molar-refractivity contribution is -0.138. The van der Waals surface area contributed by atoms with Crippen molar-refractivity contribution in [3.8, 4) is 11.8 Å². The Bertz CT molecular complexity index is 325. The summed E-state index contributed by atoms with van der Waals surface area (Å²) in [4.78, 5) is 22.0. The van der Waals surface area contributed by atoms with Gasteiger partial charge in [0.2, 0.25) is 0 Å². The Kier molecular flexibility index (Phi) is 12.9. The smallest absolute Gasteiger partial charge is 0.384 e. The van der Waals surface area contributed by atoms with Crippen molar-refractivity contribution in [2.75, 3.05) is 13.2 Å². The van der Waals surface area contributed by atoms with Gasteiger partial charge in [-0.25, -0.2) is 9.59 Å². The lowest BCUT2D eigenvalue weighted by atomic mass is 10.1. The highest BCUT2D eigenvalue weighted by Crippen LogP contribution is 2.08. The molecule has 0 spiro atoms. The van der Waals surface area contributed by atoms with Crippen molar-refractivity contribution in [2.24, 2.45) is 0 Å². The number of carbonyl (C=O) groups excluding carboxylic acids is 2. The monoisotopic (exact) mass is 282 g/mol. The van der Waals surface area contributed by atoms with Gasteiger partial charge in [0.05, 0.1) is 13.2 Å². The van der Waals surface area contributed by atoms with E-state index >= 15 is 0 Å². The third-order valence-corrected chi connectivity index (χ3v) is 2.77. The maximum absolute atomic E-state index is 11.2. The minimum absolute atomic E-state index is 0.251. The van der Waals surface area contributed by atoms with Gasteiger partial charge in [0, 0.05) is 11.8 Å². The Morgan fingerprint density at radius 1 is 0.750 bits per heavy atom. The summed E-state index contributed by atoms with van der Waals surface area (Å²) in [6.07, 6.45) is 9.52. The molecule has 0 N–H and O–H groups in total.